The van der Waals surface area contributed by atoms with E-state index in [0.29, 0.717) is 18.1 Å². The molecule has 2 aromatic carbocycles. The van der Waals surface area contributed by atoms with Crippen molar-refractivity contribution < 1.29 is 9.59 Å². The third kappa shape index (κ3) is 5.21. The zero-order chi connectivity index (χ0) is 20.9. The van der Waals surface area contributed by atoms with Gasteiger partial charge in [-0.2, -0.15) is 0 Å². The summed E-state index contributed by atoms with van der Waals surface area (Å²) in [6.07, 6.45) is 2.17. The molecule has 4 rings (SSSR count). The molecule has 0 radical (unpaired) electrons. The van der Waals surface area contributed by atoms with Crippen molar-refractivity contribution in [3.8, 4) is 0 Å². The number of carbonyl (C=O) groups excluding carboxylic acids is 2. The first-order valence-electron chi connectivity index (χ1n) is 10.7. The fourth-order valence-electron chi connectivity index (χ4n) is 4.33. The number of piperidine rings is 1. The largest absolute Gasteiger partial charge is 0.353 e. The molecule has 1 unspecified atom stereocenters. The molecule has 158 valence electrons. The average Bonchev–Trinajstić information content (AvgIpc) is 3.12. The maximum absolute atomic E-state index is 12.8. The van der Waals surface area contributed by atoms with Crippen LogP contribution < -0.4 is 5.32 Å². The van der Waals surface area contributed by atoms with E-state index in [1.165, 1.54) is 5.56 Å². The highest BCUT2D eigenvalue weighted by molar-refractivity contribution is 6.31. The minimum absolute atomic E-state index is 0.00604. The lowest BCUT2D eigenvalue weighted by atomic mass is 10.0. The molecule has 5 nitrogen and oxygen atoms in total. The van der Waals surface area contributed by atoms with Crippen molar-refractivity contribution in [2.45, 2.75) is 38.4 Å². The van der Waals surface area contributed by atoms with Gasteiger partial charge in [0, 0.05) is 50.2 Å². The molecule has 2 amide bonds. The summed E-state index contributed by atoms with van der Waals surface area (Å²) in [5.74, 6) is -0.249. The highest BCUT2D eigenvalue weighted by Crippen LogP contribution is 2.24. The summed E-state index contributed by atoms with van der Waals surface area (Å²) in [4.78, 5) is 29.4. The number of rotatable bonds is 6. The van der Waals surface area contributed by atoms with Gasteiger partial charge in [0.2, 0.25) is 11.8 Å². The zero-order valence-electron chi connectivity index (χ0n) is 17.1. The fourth-order valence-corrected chi connectivity index (χ4v) is 4.52. The van der Waals surface area contributed by atoms with Crippen molar-refractivity contribution in [3.05, 3.63) is 70.7 Å². The molecule has 2 aliphatic rings. The predicted octanol–water partition coefficient (Wildman–Crippen LogP) is 3.47. The van der Waals surface area contributed by atoms with Crippen LogP contribution in [0.5, 0.6) is 0 Å². The third-order valence-corrected chi connectivity index (χ3v) is 6.46. The van der Waals surface area contributed by atoms with E-state index in [0.717, 1.165) is 38.0 Å². The first kappa shape index (κ1) is 20.9. The molecule has 2 fully saturated rings. The van der Waals surface area contributed by atoms with Crippen molar-refractivity contribution in [3.63, 3.8) is 0 Å². The Morgan fingerprint density at radius 1 is 1.00 bits per heavy atom. The number of benzene rings is 2. The zero-order valence-corrected chi connectivity index (χ0v) is 17.9. The molecule has 0 aliphatic carbocycles. The lowest BCUT2D eigenvalue weighted by Gasteiger charge is -2.32. The predicted molar refractivity (Wildman–Crippen MR) is 118 cm³/mol. The van der Waals surface area contributed by atoms with Gasteiger partial charge in [0.05, 0.1) is 5.92 Å². The number of hydrogen-bond donors (Lipinski definition) is 1. The van der Waals surface area contributed by atoms with Gasteiger partial charge in [0.25, 0.3) is 0 Å². The molecule has 2 aromatic rings. The number of likely N-dealkylation sites (tertiary alicyclic amines) is 2. The molecular formula is C24H28ClN3O2. The molecule has 0 bridgehead atoms. The second kappa shape index (κ2) is 9.63. The fraction of sp³-hybridized carbons (Fsp3) is 0.417. The highest BCUT2D eigenvalue weighted by atomic mass is 35.5. The molecule has 6 heteroatoms. The van der Waals surface area contributed by atoms with E-state index < -0.39 is 0 Å². The van der Waals surface area contributed by atoms with Crippen LogP contribution in [0.15, 0.2) is 54.6 Å². The summed E-state index contributed by atoms with van der Waals surface area (Å²) in [7, 11) is 0. The van der Waals surface area contributed by atoms with Crippen molar-refractivity contribution in [2.24, 2.45) is 5.92 Å². The van der Waals surface area contributed by atoms with E-state index in [1.54, 1.807) is 4.90 Å². The number of hydrogen-bond acceptors (Lipinski definition) is 3. The van der Waals surface area contributed by atoms with Crippen LogP contribution in [0.1, 0.15) is 30.4 Å². The summed E-state index contributed by atoms with van der Waals surface area (Å²) < 4.78 is 0. The Labute approximate surface area is 183 Å². The average molecular weight is 426 g/mol. The van der Waals surface area contributed by atoms with E-state index in [1.807, 2.05) is 30.3 Å². The smallest absolute Gasteiger partial charge is 0.225 e. The van der Waals surface area contributed by atoms with Gasteiger partial charge in [-0.05, 0) is 30.0 Å². The van der Waals surface area contributed by atoms with Crippen molar-refractivity contribution in [1.29, 1.82) is 0 Å². The van der Waals surface area contributed by atoms with Gasteiger partial charge in [-0.15, -0.1) is 0 Å². The molecule has 30 heavy (non-hydrogen) atoms. The maximum Gasteiger partial charge on any atom is 0.225 e. The van der Waals surface area contributed by atoms with Crippen molar-refractivity contribution >= 4 is 23.4 Å². The Kier molecular flexibility index (Phi) is 6.70. The van der Waals surface area contributed by atoms with Gasteiger partial charge in [-0.1, -0.05) is 60.1 Å². The van der Waals surface area contributed by atoms with Crippen LogP contribution in [0.25, 0.3) is 0 Å². The van der Waals surface area contributed by atoms with Gasteiger partial charge < -0.3 is 10.2 Å². The Morgan fingerprint density at radius 3 is 2.43 bits per heavy atom. The summed E-state index contributed by atoms with van der Waals surface area (Å²) in [5, 5.41) is 3.84. The van der Waals surface area contributed by atoms with Crippen LogP contribution in [-0.2, 0) is 22.7 Å². The molecule has 2 heterocycles. The van der Waals surface area contributed by atoms with Crippen LogP contribution in [-0.4, -0.2) is 47.3 Å². The number of carbonyl (C=O) groups is 2. The Bertz CT molecular complexity index is 881. The SMILES string of the molecule is O=C(NC1CCN(Cc2ccccc2)CC1)C1CC(=O)N(Cc2ccccc2Cl)C1. The minimum Gasteiger partial charge on any atom is -0.353 e. The minimum atomic E-state index is -0.276. The molecule has 0 aromatic heterocycles. The summed E-state index contributed by atoms with van der Waals surface area (Å²) in [6, 6.07) is 18.2. The van der Waals surface area contributed by atoms with E-state index >= 15 is 0 Å². The van der Waals surface area contributed by atoms with Crippen LogP contribution in [0.3, 0.4) is 0 Å². The number of halogens is 1. The monoisotopic (exact) mass is 425 g/mol. The first-order valence-corrected chi connectivity index (χ1v) is 11.0. The Balaban J connectivity index is 1.24. The number of nitrogens with zero attached hydrogens (tertiary/aromatic N) is 2. The Hall–Kier alpha value is -2.37. The summed E-state index contributed by atoms with van der Waals surface area (Å²) in [6.45, 7) is 3.82. The van der Waals surface area contributed by atoms with Crippen LogP contribution >= 0.6 is 11.6 Å². The summed E-state index contributed by atoms with van der Waals surface area (Å²) >= 11 is 6.22. The molecule has 1 N–H and O–H groups in total. The summed E-state index contributed by atoms with van der Waals surface area (Å²) in [5.41, 5.74) is 2.24. The van der Waals surface area contributed by atoms with Crippen molar-refractivity contribution in [1.82, 2.24) is 15.1 Å². The molecule has 1 atom stereocenters. The van der Waals surface area contributed by atoms with Gasteiger partial charge in [0.15, 0.2) is 0 Å². The van der Waals surface area contributed by atoms with E-state index in [4.69, 9.17) is 11.6 Å². The highest BCUT2D eigenvalue weighted by Gasteiger charge is 2.35. The lowest BCUT2D eigenvalue weighted by Crippen LogP contribution is -2.46. The molecule has 0 saturated carbocycles. The van der Waals surface area contributed by atoms with Crippen LogP contribution in [0.2, 0.25) is 5.02 Å². The maximum atomic E-state index is 12.8. The molecule has 2 saturated heterocycles. The van der Waals surface area contributed by atoms with Crippen molar-refractivity contribution in [2.75, 3.05) is 19.6 Å². The third-order valence-electron chi connectivity index (χ3n) is 6.09. The second-order valence-electron chi connectivity index (χ2n) is 8.31. The topological polar surface area (TPSA) is 52.7 Å². The van der Waals surface area contributed by atoms with E-state index in [-0.39, 0.29) is 30.2 Å². The molecule has 2 aliphatic heterocycles. The van der Waals surface area contributed by atoms with Gasteiger partial charge in [-0.25, -0.2) is 0 Å². The van der Waals surface area contributed by atoms with E-state index in [9.17, 15) is 9.59 Å². The lowest BCUT2D eigenvalue weighted by molar-refractivity contribution is -0.129. The van der Waals surface area contributed by atoms with Gasteiger partial charge in [0.1, 0.15) is 0 Å². The van der Waals surface area contributed by atoms with Gasteiger partial charge >= 0.3 is 0 Å². The molecule has 0 spiro atoms. The van der Waals surface area contributed by atoms with Crippen LogP contribution in [0.4, 0.5) is 0 Å². The standard InChI is InChI=1S/C24H28ClN3O2/c25-22-9-5-4-8-19(22)16-28-17-20(14-23(28)29)24(30)26-21-10-12-27(13-11-21)15-18-6-2-1-3-7-18/h1-9,20-21H,10-17H2,(H,26,30). The first-order chi connectivity index (χ1) is 14.6. The number of amides is 2. The molecular weight excluding hydrogens is 398 g/mol. The van der Waals surface area contributed by atoms with E-state index in [2.05, 4.69) is 34.5 Å². The Morgan fingerprint density at radius 2 is 1.70 bits per heavy atom. The normalized spacial score (nSPS) is 20.5. The quantitative estimate of drug-likeness (QED) is 0.771. The second-order valence-corrected chi connectivity index (χ2v) is 8.72. The van der Waals surface area contributed by atoms with Gasteiger partial charge in [-0.3, -0.25) is 14.5 Å². The number of nitrogens with one attached hydrogen (secondary N) is 1. The van der Waals surface area contributed by atoms with Crippen LogP contribution in [0, 0.1) is 5.92 Å².